The van der Waals surface area contributed by atoms with E-state index in [-0.39, 0.29) is 29.7 Å². The van der Waals surface area contributed by atoms with E-state index in [4.69, 9.17) is 16.3 Å². The Hall–Kier alpha value is -0.701. The van der Waals surface area contributed by atoms with E-state index in [1.54, 1.807) is 0 Å². The Bertz CT molecular complexity index is 454. The molecule has 5 heteroatoms. The number of amides is 1. The van der Waals surface area contributed by atoms with Crippen LogP contribution in [0.25, 0.3) is 0 Å². The minimum Gasteiger partial charge on any atom is -0.445 e. The van der Waals surface area contributed by atoms with Crippen molar-refractivity contribution in [3.63, 3.8) is 0 Å². The SMILES string of the molecule is O=C(N[C@@H](CCl)[C]1[CH][CH][CH][CH]1)OCc1ccccc1.[CH]1[CH][CH][CH][CH]1.[Fe+2]. The number of alkyl halides is 1. The molecule has 0 saturated heterocycles. The molecule has 1 N–H and O–H groups in total. The summed E-state index contributed by atoms with van der Waals surface area (Å²) < 4.78 is 5.15. The molecule has 1 amide bonds. The number of rotatable bonds is 5. The summed E-state index contributed by atoms with van der Waals surface area (Å²) in [6.45, 7) is 0.253. The van der Waals surface area contributed by atoms with Crippen LogP contribution in [0.3, 0.4) is 0 Å². The van der Waals surface area contributed by atoms with E-state index in [9.17, 15) is 4.79 Å². The van der Waals surface area contributed by atoms with Crippen LogP contribution < -0.4 is 5.32 Å². The minimum absolute atomic E-state index is 0. The van der Waals surface area contributed by atoms with Crippen molar-refractivity contribution in [3.8, 4) is 0 Å². The fourth-order valence-corrected chi connectivity index (χ4v) is 2.32. The zero-order valence-electron chi connectivity index (χ0n) is 13.6. The molecule has 0 spiro atoms. The van der Waals surface area contributed by atoms with Gasteiger partial charge in [0.1, 0.15) is 6.61 Å². The van der Waals surface area contributed by atoms with Gasteiger partial charge >= 0.3 is 23.2 Å². The number of nitrogens with one attached hydrogen (secondary N) is 1. The maximum Gasteiger partial charge on any atom is 2.00 e. The molecule has 0 heterocycles. The Balaban J connectivity index is 0.000000448. The Morgan fingerprint density at radius 2 is 1.52 bits per heavy atom. The number of halogens is 1. The predicted molar refractivity (Wildman–Crippen MR) is 96.2 cm³/mol. The van der Waals surface area contributed by atoms with Gasteiger partial charge in [-0.1, -0.05) is 30.3 Å². The van der Waals surface area contributed by atoms with Crippen molar-refractivity contribution in [3.05, 3.63) is 99.6 Å². The first-order chi connectivity index (χ1) is 11.8. The van der Waals surface area contributed by atoms with Gasteiger partial charge in [0.2, 0.25) is 0 Å². The molecule has 0 aromatic heterocycles. The molecule has 2 aliphatic rings. The van der Waals surface area contributed by atoms with E-state index in [0.717, 1.165) is 11.5 Å². The number of alkyl carbamates (subject to hydrolysis) is 1. The number of carbonyl (C=O) groups excluding carboxylic acids is 1. The van der Waals surface area contributed by atoms with Crippen molar-refractivity contribution in [2.75, 3.05) is 5.88 Å². The summed E-state index contributed by atoms with van der Waals surface area (Å²) in [5.41, 5.74) is 0.952. The van der Waals surface area contributed by atoms with Crippen molar-refractivity contribution >= 4 is 17.7 Å². The van der Waals surface area contributed by atoms with E-state index in [1.165, 1.54) is 0 Å². The number of hydrogen-bond donors (Lipinski definition) is 1. The summed E-state index contributed by atoms with van der Waals surface area (Å²) in [4.78, 5) is 11.7. The van der Waals surface area contributed by atoms with Gasteiger partial charge in [-0.2, -0.15) is 0 Å². The fraction of sp³-hybridized carbons (Fsp3) is 0.150. The summed E-state index contributed by atoms with van der Waals surface area (Å²) >= 11 is 5.85. The first-order valence-corrected chi connectivity index (χ1v) is 8.24. The molecule has 2 saturated carbocycles. The third-order valence-corrected chi connectivity index (χ3v) is 3.61. The molecule has 10 radical (unpaired) electrons. The smallest absolute Gasteiger partial charge is 0.445 e. The molecule has 2 fully saturated rings. The zero-order valence-corrected chi connectivity index (χ0v) is 15.5. The molecule has 0 aliphatic heterocycles. The molecule has 25 heavy (non-hydrogen) atoms. The average Bonchev–Trinajstić information content (AvgIpc) is 3.35. The zero-order chi connectivity index (χ0) is 17.0. The van der Waals surface area contributed by atoms with Crippen molar-refractivity contribution in [2.24, 2.45) is 0 Å². The molecular formula is C20H20ClFeNO2+2. The molecule has 0 bridgehead atoms. The molecule has 1 aromatic carbocycles. The van der Waals surface area contributed by atoms with Crippen molar-refractivity contribution in [1.29, 1.82) is 0 Å². The number of carbonyl (C=O) groups is 1. The van der Waals surface area contributed by atoms with Gasteiger partial charge in [0.05, 0.1) is 6.04 Å². The van der Waals surface area contributed by atoms with Crippen LogP contribution in [0, 0.1) is 63.7 Å². The quantitative estimate of drug-likeness (QED) is 0.603. The Morgan fingerprint density at radius 3 is 2.04 bits per heavy atom. The third kappa shape index (κ3) is 8.98. The predicted octanol–water partition coefficient (Wildman–Crippen LogP) is 3.94. The van der Waals surface area contributed by atoms with Gasteiger partial charge in [0.15, 0.2) is 0 Å². The summed E-state index contributed by atoms with van der Waals surface area (Å²) in [6, 6.07) is 9.32. The normalized spacial score (nSPS) is 17.8. The summed E-state index contributed by atoms with van der Waals surface area (Å²) in [5.74, 6) is 1.29. The van der Waals surface area contributed by atoms with Crippen LogP contribution >= 0.6 is 11.6 Å². The van der Waals surface area contributed by atoms with Gasteiger partial charge in [-0.05, 0) is 63.4 Å². The van der Waals surface area contributed by atoms with Crippen molar-refractivity contribution < 1.29 is 26.6 Å². The number of benzene rings is 1. The second-order valence-corrected chi connectivity index (χ2v) is 5.40. The van der Waals surface area contributed by atoms with Gasteiger partial charge in [0, 0.05) is 11.8 Å². The van der Waals surface area contributed by atoms with Crippen LogP contribution in [0.1, 0.15) is 5.56 Å². The van der Waals surface area contributed by atoms with Gasteiger partial charge < -0.3 is 10.1 Å². The number of hydrogen-bond acceptors (Lipinski definition) is 2. The molecule has 0 unspecified atom stereocenters. The summed E-state index contributed by atoms with van der Waals surface area (Å²) in [5, 5.41) is 2.75. The van der Waals surface area contributed by atoms with Crippen LogP contribution in [-0.4, -0.2) is 18.0 Å². The van der Waals surface area contributed by atoms with Crippen molar-refractivity contribution in [1.82, 2.24) is 5.32 Å². The van der Waals surface area contributed by atoms with Crippen molar-refractivity contribution in [2.45, 2.75) is 12.6 Å². The largest absolute Gasteiger partial charge is 2.00 e. The minimum atomic E-state index is -0.462. The van der Waals surface area contributed by atoms with E-state index in [1.807, 2.05) is 88.1 Å². The van der Waals surface area contributed by atoms with Gasteiger partial charge in [-0.3, -0.25) is 0 Å². The van der Waals surface area contributed by atoms with Gasteiger partial charge in [0.25, 0.3) is 0 Å². The molecule has 1 atom stereocenters. The Morgan fingerprint density at radius 1 is 0.960 bits per heavy atom. The maximum absolute atomic E-state index is 11.7. The monoisotopic (exact) mass is 397 g/mol. The summed E-state index contributed by atoms with van der Waals surface area (Å²) in [6.07, 6.45) is 17.2. The molecule has 3 nitrogen and oxygen atoms in total. The van der Waals surface area contributed by atoms with E-state index < -0.39 is 6.09 Å². The van der Waals surface area contributed by atoms with Gasteiger partial charge in [-0.25, -0.2) is 4.79 Å². The topological polar surface area (TPSA) is 38.3 Å². The molecular weight excluding hydrogens is 378 g/mol. The summed E-state index contributed by atoms with van der Waals surface area (Å²) in [7, 11) is 0. The standard InChI is InChI=1S/C15H15ClNO2.C5H5.Fe/c16-10-14(13-8-4-5-9-13)17-15(18)19-11-12-6-2-1-3-7-12;1-2-4-5-3-1;/h1-9,14H,10-11H2,(H,17,18);1-5H;/q;;+2/t14-;;/m0../s1. The van der Waals surface area contributed by atoms with Gasteiger partial charge in [-0.15, -0.1) is 11.6 Å². The molecule has 2 aliphatic carbocycles. The van der Waals surface area contributed by atoms with Crippen LogP contribution in [-0.2, 0) is 28.4 Å². The van der Waals surface area contributed by atoms with Crippen LogP contribution in [0.15, 0.2) is 30.3 Å². The first kappa shape index (κ1) is 22.3. The molecule has 3 rings (SSSR count). The van der Waals surface area contributed by atoms with Crippen LogP contribution in [0.4, 0.5) is 4.79 Å². The van der Waals surface area contributed by atoms with Crippen LogP contribution in [0.2, 0.25) is 0 Å². The molecule has 130 valence electrons. The number of ether oxygens (including phenoxy) is 1. The maximum atomic E-state index is 11.7. The van der Waals surface area contributed by atoms with E-state index in [0.29, 0.717) is 5.88 Å². The Kier molecular flexibility index (Phi) is 12.1. The Labute approximate surface area is 167 Å². The van der Waals surface area contributed by atoms with E-state index >= 15 is 0 Å². The van der Waals surface area contributed by atoms with E-state index in [2.05, 4.69) is 5.32 Å². The van der Waals surface area contributed by atoms with Crippen LogP contribution in [0.5, 0.6) is 0 Å². The average molecular weight is 398 g/mol. The second-order valence-electron chi connectivity index (χ2n) is 5.09. The third-order valence-electron chi connectivity index (χ3n) is 3.31. The molecule has 1 aromatic rings. The second kappa shape index (κ2) is 13.5. The fourth-order valence-electron chi connectivity index (χ4n) is 2.06. The first-order valence-electron chi connectivity index (χ1n) is 7.71.